The molecule has 7 nitrogen and oxygen atoms in total. The normalized spacial score (nSPS) is 10.6. The molecule has 0 atom stereocenters. The molecule has 0 aliphatic carbocycles. The van der Waals surface area contributed by atoms with Gasteiger partial charge < -0.3 is 10.5 Å². The third kappa shape index (κ3) is 1.90. The minimum Gasteiger partial charge on any atom is -0.462 e. The van der Waals surface area contributed by atoms with Crippen LogP contribution in [-0.2, 0) is 11.8 Å². The molecule has 18 heavy (non-hydrogen) atoms. The van der Waals surface area contributed by atoms with Crippen LogP contribution < -0.4 is 11.4 Å². The summed E-state index contributed by atoms with van der Waals surface area (Å²) in [4.78, 5) is 30.7. The Bertz CT molecular complexity index is 678. The summed E-state index contributed by atoms with van der Waals surface area (Å²) in [6, 6.07) is 1.52. The standard InChI is InChI=1S/C11H12N4O3/c1-3-18-10(16)7-4-6-5-13-11(17)15(2)9(6)14-8(7)12/h4-5H,3H2,1-2H3,(H2,12,14). The van der Waals surface area contributed by atoms with Gasteiger partial charge in [0.2, 0.25) is 0 Å². The van der Waals surface area contributed by atoms with Crippen LogP contribution in [0.5, 0.6) is 0 Å². The van der Waals surface area contributed by atoms with Crippen molar-refractivity contribution in [3.8, 4) is 0 Å². The Kier molecular flexibility index (Phi) is 2.97. The minimum atomic E-state index is -0.543. The molecule has 2 rings (SSSR count). The SMILES string of the molecule is CCOC(=O)c1cc2cnc(=O)n(C)c2nc1N. The largest absolute Gasteiger partial charge is 0.462 e. The lowest BCUT2D eigenvalue weighted by Gasteiger charge is -2.08. The Labute approximate surface area is 102 Å². The lowest BCUT2D eigenvalue weighted by atomic mass is 10.2. The van der Waals surface area contributed by atoms with E-state index in [2.05, 4.69) is 9.97 Å². The first-order valence-corrected chi connectivity index (χ1v) is 5.34. The topological polar surface area (TPSA) is 100 Å². The number of ether oxygens (including phenoxy) is 1. The van der Waals surface area contributed by atoms with E-state index >= 15 is 0 Å². The average molecular weight is 248 g/mol. The van der Waals surface area contributed by atoms with E-state index in [-0.39, 0.29) is 18.0 Å². The molecule has 0 fully saturated rings. The van der Waals surface area contributed by atoms with Gasteiger partial charge in [-0.05, 0) is 13.0 Å². The number of aromatic nitrogens is 3. The number of nitrogens with two attached hydrogens (primary N) is 1. The molecule has 2 aromatic rings. The van der Waals surface area contributed by atoms with Gasteiger partial charge in [0, 0.05) is 18.6 Å². The number of nitrogen functional groups attached to an aromatic ring is 1. The molecule has 7 heteroatoms. The van der Waals surface area contributed by atoms with Gasteiger partial charge in [-0.3, -0.25) is 4.57 Å². The predicted molar refractivity (Wildman–Crippen MR) is 65.1 cm³/mol. The van der Waals surface area contributed by atoms with Crippen LogP contribution in [0.1, 0.15) is 17.3 Å². The zero-order valence-electron chi connectivity index (χ0n) is 10.0. The minimum absolute atomic E-state index is 0.0298. The van der Waals surface area contributed by atoms with Crippen molar-refractivity contribution in [3.63, 3.8) is 0 Å². The van der Waals surface area contributed by atoms with Crippen LogP contribution in [0.15, 0.2) is 17.1 Å². The third-order valence-corrected chi connectivity index (χ3v) is 2.47. The number of rotatable bonds is 2. The van der Waals surface area contributed by atoms with E-state index in [1.165, 1.54) is 23.9 Å². The number of nitrogens with zero attached hydrogens (tertiary/aromatic N) is 3. The Hall–Kier alpha value is -2.44. The third-order valence-electron chi connectivity index (χ3n) is 2.47. The second-order valence-corrected chi connectivity index (χ2v) is 3.65. The molecule has 0 saturated heterocycles. The second-order valence-electron chi connectivity index (χ2n) is 3.65. The van der Waals surface area contributed by atoms with Crippen molar-refractivity contribution in [1.82, 2.24) is 14.5 Å². The molecule has 0 bridgehead atoms. The fourth-order valence-electron chi connectivity index (χ4n) is 1.57. The van der Waals surface area contributed by atoms with Gasteiger partial charge in [-0.1, -0.05) is 0 Å². The first-order valence-electron chi connectivity index (χ1n) is 5.34. The lowest BCUT2D eigenvalue weighted by molar-refractivity contribution is 0.0527. The van der Waals surface area contributed by atoms with E-state index in [9.17, 15) is 9.59 Å². The molecule has 0 radical (unpaired) electrons. The van der Waals surface area contributed by atoms with Gasteiger partial charge >= 0.3 is 11.7 Å². The van der Waals surface area contributed by atoms with Crippen molar-refractivity contribution in [1.29, 1.82) is 0 Å². The van der Waals surface area contributed by atoms with Gasteiger partial charge in [-0.2, -0.15) is 0 Å². The second kappa shape index (κ2) is 4.44. The summed E-state index contributed by atoms with van der Waals surface area (Å²) in [5, 5.41) is 0.550. The number of anilines is 1. The molecule has 2 aromatic heterocycles. The summed E-state index contributed by atoms with van der Waals surface area (Å²) in [5.74, 6) is -0.514. The van der Waals surface area contributed by atoms with Crippen LogP contribution in [0.2, 0.25) is 0 Å². The quantitative estimate of drug-likeness (QED) is 0.756. The maximum absolute atomic E-state index is 11.6. The zero-order chi connectivity index (χ0) is 13.3. The van der Waals surface area contributed by atoms with E-state index in [4.69, 9.17) is 10.5 Å². The number of esters is 1. The summed E-state index contributed by atoms with van der Waals surface area (Å²) in [6.45, 7) is 1.95. The van der Waals surface area contributed by atoms with Crippen molar-refractivity contribution in [2.45, 2.75) is 6.92 Å². The highest BCUT2D eigenvalue weighted by Gasteiger charge is 2.14. The average Bonchev–Trinajstić information content (AvgIpc) is 2.34. The van der Waals surface area contributed by atoms with Crippen LogP contribution >= 0.6 is 0 Å². The Morgan fingerprint density at radius 2 is 2.28 bits per heavy atom. The van der Waals surface area contributed by atoms with Crippen LogP contribution in [0.4, 0.5) is 5.82 Å². The summed E-state index contributed by atoms with van der Waals surface area (Å²) in [5.41, 5.74) is 5.80. The Balaban J connectivity index is 2.67. The van der Waals surface area contributed by atoms with Gasteiger partial charge in [-0.25, -0.2) is 19.6 Å². The van der Waals surface area contributed by atoms with E-state index in [1.54, 1.807) is 6.92 Å². The number of carbonyl (C=O) groups excluding carboxylic acids is 1. The van der Waals surface area contributed by atoms with Gasteiger partial charge in [0.1, 0.15) is 17.0 Å². The highest BCUT2D eigenvalue weighted by Crippen LogP contribution is 2.17. The van der Waals surface area contributed by atoms with Gasteiger partial charge in [-0.15, -0.1) is 0 Å². The number of hydrogen-bond donors (Lipinski definition) is 1. The number of fused-ring (bicyclic) bond motifs is 1. The van der Waals surface area contributed by atoms with Gasteiger partial charge in [0.05, 0.1) is 6.61 Å². The van der Waals surface area contributed by atoms with Crippen LogP contribution in [-0.4, -0.2) is 27.1 Å². The molecule has 0 aromatic carbocycles. The molecule has 2 N–H and O–H groups in total. The van der Waals surface area contributed by atoms with Crippen molar-refractivity contribution in [3.05, 3.63) is 28.3 Å². The summed E-state index contributed by atoms with van der Waals surface area (Å²) in [6.07, 6.45) is 1.35. The molecule has 0 spiro atoms. The van der Waals surface area contributed by atoms with Crippen molar-refractivity contribution in [2.75, 3.05) is 12.3 Å². The molecule has 0 amide bonds. The molecule has 0 aliphatic heterocycles. The molecular weight excluding hydrogens is 236 g/mol. The highest BCUT2D eigenvalue weighted by atomic mass is 16.5. The van der Waals surface area contributed by atoms with Crippen molar-refractivity contribution < 1.29 is 9.53 Å². The van der Waals surface area contributed by atoms with E-state index < -0.39 is 11.7 Å². The smallest absolute Gasteiger partial charge is 0.348 e. The maximum Gasteiger partial charge on any atom is 0.348 e. The monoisotopic (exact) mass is 248 g/mol. The van der Waals surface area contributed by atoms with Crippen molar-refractivity contribution in [2.24, 2.45) is 7.05 Å². The van der Waals surface area contributed by atoms with Crippen LogP contribution in [0.25, 0.3) is 11.0 Å². The fraction of sp³-hybridized carbons (Fsp3) is 0.273. The number of hydrogen-bond acceptors (Lipinski definition) is 6. The number of aryl methyl sites for hydroxylation is 1. The lowest BCUT2D eigenvalue weighted by Crippen LogP contribution is -2.21. The molecular formula is C11H12N4O3. The first-order chi connectivity index (χ1) is 8.54. The fourth-order valence-corrected chi connectivity index (χ4v) is 1.57. The van der Waals surface area contributed by atoms with E-state index in [1.807, 2.05) is 0 Å². The summed E-state index contributed by atoms with van der Waals surface area (Å²) in [7, 11) is 1.54. The molecule has 2 heterocycles. The van der Waals surface area contributed by atoms with Gasteiger partial charge in [0.15, 0.2) is 0 Å². The number of carbonyl (C=O) groups is 1. The maximum atomic E-state index is 11.6. The molecule has 0 saturated carbocycles. The molecule has 0 unspecified atom stereocenters. The van der Waals surface area contributed by atoms with Crippen LogP contribution in [0.3, 0.4) is 0 Å². The Morgan fingerprint density at radius 3 is 2.94 bits per heavy atom. The predicted octanol–water partition coefficient (Wildman–Crippen LogP) is 0.0874. The van der Waals surface area contributed by atoms with Crippen molar-refractivity contribution >= 4 is 22.8 Å². The van der Waals surface area contributed by atoms with Crippen LogP contribution in [0, 0.1) is 0 Å². The number of pyridine rings is 1. The molecule has 94 valence electrons. The van der Waals surface area contributed by atoms with E-state index in [0.717, 1.165) is 0 Å². The Morgan fingerprint density at radius 1 is 1.56 bits per heavy atom. The summed E-state index contributed by atoms with van der Waals surface area (Å²) >= 11 is 0. The first kappa shape index (κ1) is 12.0. The van der Waals surface area contributed by atoms with Gasteiger partial charge in [0.25, 0.3) is 0 Å². The van der Waals surface area contributed by atoms with E-state index in [0.29, 0.717) is 11.0 Å². The highest BCUT2D eigenvalue weighted by molar-refractivity contribution is 5.97. The molecule has 0 aliphatic rings. The zero-order valence-corrected chi connectivity index (χ0v) is 10.0. The summed E-state index contributed by atoms with van der Waals surface area (Å²) < 4.78 is 6.13.